The smallest absolute Gasteiger partial charge is 0.244 e. The van der Waals surface area contributed by atoms with Gasteiger partial charge in [-0.05, 0) is 30.5 Å². The van der Waals surface area contributed by atoms with Crippen molar-refractivity contribution in [2.75, 3.05) is 13.7 Å². The minimum Gasteiger partial charge on any atom is -0.495 e. The molecule has 1 aromatic rings. The van der Waals surface area contributed by atoms with Gasteiger partial charge < -0.3 is 9.64 Å². The molecule has 0 spiro atoms. The van der Waals surface area contributed by atoms with Crippen molar-refractivity contribution in [3.05, 3.63) is 22.7 Å². The number of nitrogens with zero attached hydrogens (tertiary/aromatic N) is 2. The van der Waals surface area contributed by atoms with Crippen LogP contribution in [0.1, 0.15) is 20.3 Å². The van der Waals surface area contributed by atoms with Crippen LogP contribution in [-0.4, -0.2) is 39.1 Å². The molecule has 1 unspecified atom stereocenters. The summed E-state index contributed by atoms with van der Waals surface area (Å²) in [7, 11) is -2.30. The van der Waals surface area contributed by atoms with E-state index in [-0.39, 0.29) is 28.6 Å². The maximum absolute atomic E-state index is 12.7. The highest BCUT2D eigenvalue weighted by Gasteiger charge is 2.36. The fourth-order valence-electron chi connectivity index (χ4n) is 2.84. The Morgan fingerprint density at radius 1 is 1.48 bits per heavy atom. The number of nitriles is 1. The van der Waals surface area contributed by atoms with Crippen LogP contribution in [0.3, 0.4) is 0 Å². The van der Waals surface area contributed by atoms with Crippen molar-refractivity contribution in [1.29, 1.82) is 5.26 Å². The standard InChI is InChI=1S/C15H20BrN3O3S/c1-10(2)13-7-12(8-19(13)9-17)18-23(20,21)15-6-11(16)4-5-14(15)22-3/h4-6,10,12-13,18H,7-8H2,1-3H3/t12?,13-/m1/s1. The van der Waals surface area contributed by atoms with Crippen molar-refractivity contribution in [1.82, 2.24) is 9.62 Å². The molecule has 1 aliphatic heterocycles. The molecule has 0 amide bonds. The van der Waals surface area contributed by atoms with Crippen LogP contribution in [0.25, 0.3) is 0 Å². The highest BCUT2D eigenvalue weighted by molar-refractivity contribution is 9.10. The topological polar surface area (TPSA) is 82.4 Å². The van der Waals surface area contributed by atoms with Gasteiger partial charge in [0.15, 0.2) is 6.19 Å². The lowest BCUT2D eigenvalue weighted by molar-refractivity contribution is 0.291. The summed E-state index contributed by atoms with van der Waals surface area (Å²) in [6.45, 7) is 4.45. The molecule has 1 aliphatic rings. The van der Waals surface area contributed by atoms with E-state index >= 15 is 0 Å². The van der Waals surface area contributed by atoms with E-state index in [9.17, 15) is 13.7 Å². The number of benzene rings is 1. The van der Waals surface area contributed by atoms with Crippen molar-refractivity contribution in [3.63, 3.8) is 0 Å². The minimum absolute atomic E-state index is 0.0529. The van der Waals surface area contributed by atoms with E-state index in [1.165, 1.54) is 13.2 Å². The van der Waals surface area contributed by atoms with Crippen LogP contribution in [0.5, 0.6) is 5.75 Å². The maximum atomic E-state index is 12.7. The van der Waals surface area contributed by atoms with Gasteiger partial charge in [0.2, 0.25) is 10.0 Å². The minimum atomic E-state index is -3.73. The van der Waals surface area contributed by atoms with Crippen molar-refractivity contribution >= 4 is 26.0 Å². The molecule has 8 heteroatoms. The van der Waals surface area contributed by atoms with E-state index in [0.29, 0.717) is 17.4 Å². The fraction of sp³-hybridized carbons (Fsp3) is 0.533. The lowest BCUT2D eigenvalue weighted by Crippen LogP contribution is -2.36. The summed E-state index contributed by atoms with van der Waals surface area (Å²) in [5, 5.41) is 9.21. The van der Waals surface area contributed by atoms with E-state index in [1.54, 1.807) is 17.0 Å². The van der Waals surface area contributed by atoms with Gasteiger partial charge in [0, 0.05) is 23.1 Å². The highest BCUT2D eigenvalue weighted by atomic mass is 79.9. The first-order valence-electron chi connectivity index (χ1n) is 7.30. The highest BCUT2D eigenvalue weighted by Crippen LogP contribution is 2.29. The van der Waals surface area contributed by atoms with Gasteiger partial charge >= 0.3 is 0 Å². The van der Waals surface area contributed by atoms with Crippen molar-refractivity contribution in [3.8, 4) is 11.9 Å². The Kier molecular flexibility index (Phi) is 5.55. The van der Waals surface area contributed by atoms with Crippen molar-refractivity contribution < 1.29 is 13.2 Å². The monoisotopic (exact) mass is 401 g/mol. The molecule has 0 radical (unpaired) electrons. The fourth-order valence-corrected chi connectivity index (χ4v) is 4.79. The first-order valence-corrected chi connectivity index (χ1v) is 9.58. The summed E-state index contributed by atoms with van der Waals surface area (Å²) in [4.78, 5) is 1.74. The Labute approximate surface area is 145 Å². The summed E-state index contributed by atoms with van der Waals surface area (Å²) in [6, 6.07) is 4.59. The largest absolute Gasteiger partial charge is 0.495 e. The van der Waals surface area contributed by atoms with Crippen LogP contribution >= 0.6 is 15.9 Å². The van der Waals surface area contributed by atoms with Crippen LogP contribution in [0.15, 0.2) is 27.6 Å². The number of halogens is 1. The van der Waals surface area contributed by atoms with Crippen LogP contribution in [0.2, 0.25) is 0 Å². The third-order valence-corrected chi connectivity index (χ3v) is 6.01. The number of rotatable bonds is 5. The molecule has 0 saturated carbocycles. The molecule has 0 bridgehead atoms. The molecule has 1 aromatic carbocycles. The third-order valence-electron chi connectivity index (χ3n) is 3.98. The van der Waals surface area contributed by atoms with E-state index in [4.69, 9.17) is 4.74 Å². The molecule has 1 heterocycles. The van der Waals surface area contributed by atoms with E-state index in [1.807, 2.05) is 13.8 Å². The van der Waals surface area contributed by atoms with Gasteiger partial charge in [0.25, 0.3) is 0 Å². The van der Waals surface area contributed by atoms with E-state index < -0.39 is 10.0 Å². The molecule has 1 saturated heterocycles. The van der Waals surface area contributed by atoms with E-state index in [2.05, 4.69) is 26.8 Å². The number of sulfonamides is 1. The summed E-state index contributed by atoms with van der Waals surface area (Å²) in [6.07, 6.45) is 2.76. The van der Waals surface area contributed by atoms with Crippen LogP contribution in [-0.2, 0) is 10.0 Å². The molecule has 126 valence electrons. The second kappa shape index (κ2) is 7.07. The van der Waals surface area contributed by atoms with Crippen LogP contribution in [0, 0.1) is 17.4 Å². The van der Waals surface area contributed by atoms with Gasteiger partial charge in [-0.3, -0.25) is 0 Å². The average molecular weight is 402 g/mol. The molecule has 0 aromatic heterocycles. The van der Waals surface area contributed by atoms with Crippen molar-refractivity contribution in [2.24, 2.45) is 5.92 Å². The quantitative estimate of drug-likeness (QED) is 0.765. The molecule has 6 nitrogen and oxygen atoms in total. The van der Waals surface area contributed by atoms with E-state index in [0.717, 1.165) is 0 Å². The van der Waals surface area contributed by atoms with Gasteiger partial charge in [-0.15, -0.1) is 0 Å². The SMILES string of the molecule is COc1ccc(Br)cc1S(=O)(=O)NC1C[C@H](C(C)C)N(C#N)C1. The second-order valence-electron chi connectivity index (χ2n) is 5.91. The first-order chi connectivity index (χ1) is 10.8. The van der Waals surface area contributed by atoms with Crippen molar-refractivity contribution in [2.45, 2.75) is 37.2 Å². The Hall–Kier alpha value is -1.30. The third kappa shape index (κ3) is 3.97. The molecule has 2 atom stereocenters. The van der Waals surface area contributed by atoms with Gasteiger partial charge in [0.1, 0.15) is 10.6 Å². The van der Waals surface area contributed by atoms with Gasteiger partial charge in [-0.2, -0.15) is 5.26 Å². The lowest BCUT2D eigenvalue weighted by Gasteiger charge is -2.21. The van der Waals surface area contributed by atoms with Gasteiger partial charge in [-0.25, -0.2) is 13.1 Å². The normalized spacial score (nSPS) is 21.5. The van der Waals surface area contributed by atoms with Gasteiger partial charge in [-0.1, -0.05) is 29.8 Å². The number of nitrogens with one attached hydrogen (secondary N) is 1. The number of hydrogen-bond donors (Lipinski definition) is 1. The second-order valence-corrected chi connectivity index (χ2v) is 8.51. The average Bonchev–Trinajstić information content (AvgIpc) is 2.89. The molecular formula is C15H20BrN3O3S. The molecule has 1 N–H and O–H groups in total. The van der Waals surface area contributed by atoms with Gasteiger partial charge in [0.05, 0.1) is 7.11 Å². The van der Waals surface area contributed by atoms with Crippen LogP contribution < -0.4 is 9.46 Å². The Balaban J connectivity index is 2.23. The van der Waals surface area contributed by atoms with Crippen LogP contribution in [0.4, 0.5) is 0 Å². The lowest BCUT2D eigenvalue weighted by atomic mass is 10.0. The predicted octanol–water partition coefficient (Wildman–Crippen LogP) is 2.32. The summed E-state index contributed by atoms with van der Waals surface area (Å²) < 4.78 is 33.9. The maximum Gasteiger partial charge on any atom is 0.244 e. The summed E-state index contributed by atoms with van der Waals surface area (Å²) in [5.74, 6) is 0.570. The Morgan fingerprint density at radius 2 is 2.17 bits per heavy atom. The molecule has 1 fully saturated rings. The number of likely N-dealkylation sites (tertiary alicyclic amines) is 1. The number of methoxy groups -OCH3 is 1. The Bertz CT molecular complexity index is 715. The molecular weight excluding hydrogens is 382 g/mol. The Morgan fingerprint density at radius 3 is 2.70 bits per heavy atom. The first kappa shape index (κ1) is 18.0. The molecule has 0 aliphatic carbocycles. The predicted molar refractivity (Wildman–Crippen MR) is 90.4 cm³/mol. The zero-order valence-electron chi connectivity index (χ0n) is 13.3. The summed E-state index contributed by atoms with van der Waals surface area (Å²) >= 11 is 3.28. The zero-order valence-corrected chi connectivity index (χ0v) is 15.7. The summed E-state index contributed by atoms with van der Waals surface area (Å²) in [5.41, 5.74) is 0. The molecule has 2 rings (SSSR count). The number of ether oxygens (including phenoxy) is 1. The number of hydrogen-bond acceptors (Lipinski definition) is 5. The molecule has 23 heavy (non-hydrogen) atoms. The zero-order chi connectivity index (χ0) is 17.2.